The molecule has 0 radical (unpaired) electrons. The Labute approximate surface area is 91.5 Å². The predicted molar refractivity (Wildman–Crippen MR) is 65.1 cm³/mol. The summed E-state index contributed by atoms with van der Waals surface area (Å²) in [6.45, 7) is 10.1. The van der Waals surface area contributed by atoms with Crippen molar-refractivity contribution in [2.45, 2.75) is 40.2 Å². The topological polar surface area (TPSA) is 12.0 Å². The summed E-state index contributed by atoms with van der Waals surface area (Å²) in [5.41, 5.74) is 1.44. The van der Waals surface area contributed by atoms with Crippen molar-refractivity contribution < 1.29 is 0 Å². The van der Waals surface area contributed by atoms with E-state index in [2.05, 4.69) is 44.5 Å². The molecular weight excluding hydrogens is 190 g/mol. The Kier molecular flexibility index (Phi) is 4.63. The summed E-state index contributed by atoms with van der Waals surface area (Å²) in [6.07, 6.45) is 1.17. The molecule has 0 aliphatic heterocycles. The van der Waals surface area contributed by atoms with Gasteiger partial charge in [0.15, 0.2) is 0 Å². The van der Waals surface area contributed by atoms with E-state index in [1.54, 1.807) is 0 Å². The van der Waals surface area contributed by atoms with Crippen LogP contribution in [0.5, 0.6) is 0 Å². The van der Waals surface area contributed by atoms with Gasteiger partial charge in [-0.25, -0.2) is 0 Å². The van der Waals surface area contributed by atoms with Crippen molar-refractivity contribution in [1.82, 2.24) is 5.32 Å². The van der Waals surface area contributed by atoms with Crippen LogP contribution in [0.4, 0.5) is 0 Å². The standard InChI is InChI=1S/C12H21NS/c1-9(2)11(4)13-7-5-12-10(3)6-8-14-12/h6,8-9,11,13H,5,7H2,1-4H3. The summed E-state index contributed by atoms with van der Waals surface area (Å²) in [5, 5.41) is 5.73. The molecule has 80 valence electrons. The lowest BCUT2D eigenvalue weighted by Gasteiger charge is -2.17. The first-order valence-electron chi connectivity index (χ1n) is 5.37. The first-order valence-corrected chi connectivity index (χ1v) is 6.25. The molecule has 1 nitrogen and oxygen atoms in total. The van der Waals surface area contributed by atoms with Crippen molar-refractivity contribution in [3.8, 4) is 0 Å². The number of aryl methyl sites for hydroxylation is 1. The highest BCUT2D eigenvalue weighted by Gasteiger charge is 2.06. The minimum Gasteiger partial charge on any atom is -0.314 e. The molecule has 1 atom stereocenters. The van der Waals surface area contributed by atoms with E-state index in [9.17, 15) is 0 Å². The molecule has 0 saturated heterocycles. The largest absolute Gasteiger partial charge is 0.314 e. The van der Waals surface area contributed by atoms with E-state index >= 15 is 0 Å². The van der Waals surface area contributed by atoms with Gasteiger partial charge >= 0.3 is 0 Å². The van der Waals surface area contributed by atoms with Gasteiger partial charge in [0.2, 0.25) is 0 Å². The molecule has 14 heavy (non-hydrogen) atoms. The summed E-state index contributed by atoms with van der Waals surface area (Å²) in [5.74, 6) is 0.722. The minimum atomic E-state index is 0.621. The Morgan fingerprint density at radius 1 is 1.36 bits per heavy atom. The number of thiophene rings is 1. The number of hydrogen-bond acceptors (Lipinski definition) is 2. The Morgan fingerprint density at radius 2 is 2.07 bits per heavy atom. The van der Waals surface area contributed by atoms with Gasteiger partial charge in [0, 0.05) is 17.5 Å². The van der Waals surface area contributed by atoms with Crippen LogP contribution in [0.25, 0.3) is 0 Å². The van der Waals surface area contributed by atoms with Crippen LogP contribution < -0.4 is 5.32 Å². The maximum absolute atomic E-state index is 3.55. The van der Waals surface area contributed by atoms with Gasteiger partial charge in [-0.1, -0.05) is 13.8 Å². The molecule has 1 aromatic heterocycles. The van der Waals surface area contributed by atoms with Gasteiger partial charge in [0.25, 0.3) is 0 Å². The van der Waals surface area contributed by atoms with Crippen LogP contribution in [0.2, 0.25) is 0 Å². The van der Waals surface area contributed by atoms with Crippen LogP contribution in [0, 0.1) is 12.8 Å². The Balaban J connectivity index is 2.25. The van der Waals surface area contributed by atoms with Crippen molar-refractivity contribution in [1.29, 1.82) is 0 Å². The van der Waals surface area contributed by atoms with Gasteiger partial charge in [-0.05, 0) is 43.2 Å². The van der Waals surface area contributed by atoms with Gasteiger partial charge < -0.3 is 5.32 Å². The van der Waals surface area contributed by atoms with Crippen LogP contribution >= 0.6 is 11.3 Å². The van der Waals surface area contributed by atoms with Crippen molar-refractivity contribution in [2.24, 2.45) is 5.92 Å². The lowest BCUT2D eigenvalue weighted by Crippen LogP contribution is -2.32. The SMILES string of the molecule is Cc1ccsc1CCNC(C)C(C)C. The van der Waals surface area contributed by atoms with Crippen LogP contribution in [0.3, 0.4) is 0 Å². The molecule has 0 aliphatic rings. The summed E-state index contributed by atoms with van der Waals surface area (Å²) in [7, 11) is 0. The molecule has 0 amide bonds. The van der Waals surface area contributed by atoms with Crippen molar-refractivity contribution in [3.05, 3.63) is 21.9 Å². The third-order valence-corrected chi connectivity index (χ3v) is 3.87. The molecule has 1 heterocycles. The zero-order chi connectivity index (χ0) is 10.6. The van der Waals surface area contributed by atoms with E-state index in [1.807, 2.05) is 11.3 Å². The molecule has 1 aromatic rings. The first kappa shape index (κ1) is 11.7. The molecule has 0 spiro atoms. The van der Waals surface area contributed by atoms with E-state index < -0.39 is 0 Å². The quantitative estimate of drug-likeness (QED) is 0.788. The molecule has 1 unspecified atom stereocenters. The summed E-state index contributed by atoms with van der Waals surface area (Å²) in [6, 6.07) is 2.82. The summed E-state index contributed by atoms with van der Waals surface area (Å²) in [4.78, 5) is 1.52. The maximum Gasteiger partial charge on any atom is 0.00870 e. The van der Waals surface area contributed by atoms with Gasteiger partial charge in [0.05, 0.1) is 0 Å². The molecule has 0 saturated carbocycles. The molecule has 0 aromatic carbocycles. The normalized spacial score (nSPS) is 13.5. The van der Waals surface area contributed by atoms with Crippen LogP contribution in [0.15, 0.2) is 11.4 Å². The Hall–Kier alpha value is -0.340. The van der Waals surface area contributed by atoms with Gasteiger partial charge in [0.1, 0.15) is 0 Å². The van der Waals surface area contributed by atoms with Gasteiger partial charge in [-0.15, -0.1) is 11.3 Å². The number of rotatable bonds is 5. The summed E-state index contributed by atoms with van der Waals surface area (Å²) < 4.78 is 0. The highest BCUT2D eigenvalue weighted by atomic mass is 32.1. The minimum absolute atomic E-state index is 0.621. The molecule has 2 heteroatoms. The fraction of sp³-hybridized carbons (Fsp3) is 0.667. The molecule has 1 N–H and O–H groups in total. The lowest BCUT2D eigenvalue weighted by molar-refractivity contribution is 0.430. The molecule has 0 bridgehead atoms. The molecular formula is C12H21NS. The first-order chi connectivity index (χ1) is 6.61. The highest BCUT2D eigenvalue weighted by Crippen LogP contribution is 2.15. The second-order valence-electron chi connectivity index (χ2n) is 4.26. The zero-order valence-corrected chi connectivity index (χ0v) is 10.4. The highest BCUT2D eigenvalue weighted by molar-refractivity contribution is 7.10. The zero-order valence-electron chi connectivity index (χ0n) is 9.63. The average molecular weight is 211 g/mol. The predicted octanol–water partition coefficient (Wildman–Crippen LogP) is 3.23. The smallest absolute Gasteiger partial charge is 0.00870 e. The second-order valence-corrected chi connectivity index (χ2v) is 5.26. The fourth-order valence-corrected chi connectivity index (χ4v) is 2.22. The van der Waals surface area contributed by atoms with Gasteiger partial charge in [-0.3, -0.25) is 0 Å². The molecule has 0 fully saturated rings. The van der Waals surface area contributed by atoms with Crippen molar-refractivity contribution in [3.63, 3.8) is 0 Å². The third kappa shape index (κ3) is 3.43. The monoisotopic (exact) mass is 211 g/mol. The fourth-order valence-electron chi connectivity index (χ4n) is 1.31. The number of hydrogen-bond donors (Lipinski definition) is 1. The summed E-state index contributed by atoms with van der Waals surface area (Å²) >= 11 is 1.87. The van der Waals surface area contributed by atoms with Crippen LogP contribution in [-0.4, -0.2) is 12.6 Å². The number of nitrogens with one attached hydrogen (secondary N) is 1. The van der Waals surface area contributed by atoms with Gasteiger partial charge in [-0.2, -0.15) is 0 Å². The third-order valence-electron chi connectivity index (χ3n) is 2.79. The van der Waals surface area contributed by atoms with Crippen LogP contribution in [-0.2, 0) is 6.42 Å². The van der Waals surface area contributed by atoms with E-state index in [-0.39, 0.29) is 0 Å². The lowest BCUT2D eigenvalue weighted by atomic mass is 10.1. The molecule has 0 aliphatic carbocycles. The van der Waals surface area contributed by atoms with E-state index in [1.165, 1.54) is 16.9 Å². The average Bonchev–Trinajstić information content (AvgIpc) is 2.51. The van der Waals surface area contributed by atoms with Crippen molar-refractivity contribution >= 4 is 11.3 Å². The Morgan fingerprint density at radius 3 is 2.57 bits per heavy atom. The molecule has 1 rings (SSSR count). The van der Waals surface area contributed by atoms with E-state index in [4.69, 9.17) is 0 Å². The van der Waals surface area contributed by atoms with Crippen molar-refractivity contribution in [2.75, 3.05) is 6.54 Å². The van der Waals surface area contributed by atoms with E-state index in [0.29, 0.717) is 6.04 Å². The second kappa shape index (κ2) is 5.52. The van der Waals surface area contributed by atoms with Crippen LogP contribution in [0.1, 0.15) is 31.2 Å². The Bertz CT molecular complexity index is 265. The maximum atomic E-state index is 3.55. The van der Waals surface area contributed by atoms with E-state index in [0.717, 1.165) is 12.5 Å².